The van der Waals surface area contributed by atoms with E-state index in [2.05, 4.69) is 45.0 Å². The van der Waals surface area contributed by atoms with Crippen LogP contribution in [0.2, 0.25) is 0 Å². The summed E-state index contributed by atoms with van der Waals surface area (Å²) in [5, 5.41) is 2.88. The molecule has 0 fully saturated rings. The summed E-state index contributed by atoms with van der Waals surface area (Å²) in [7, 11) is -2.85. The van der Waals surface area contributed by atoms with Crippen LogP contribution in [-0.2, 0) is 16.0 Å². The molecule has 3 aromatic rings. The summed E-state index contributed by atoms with van der Waals surface area (Å²) in [4.78, 5) is 6.48. The van der Waals surface area contributed by atoms with Crippen LogP contribution < -0.4 is 5.30 Å². The lowest BCUT2D eigenvalue weighted by molar-refractivity contribution is -0.207. The normalized spacial score (nSPS) is 15.5. The Kier molecular flexibility index (Phi) is 8.26. The zero-order chi connectivity index (χ0) is 22.3. The fraction of sp³-hybridized carbons (Fsp3) is 0.333. The predicted molar refractivity (Wildman–Crippen MR) is 131 cm³/mol. The van der Waals surface area contributed by atoms with Crippen molar-refractivity contribution >= 4 is 12.4 Å². The van der Waals surface area contributed by atoms with Crippen LogP contribution in [0.25, 0.3) is 0 Å². The SMILES string of the molecule is CC(C)C[C@@H](C)N(OCc1ccccc1)C(c1ccccc1)[P@@](C)(=O)c1ccccc1. The standard InChI is InChI=1S/C27H34NO2P/c1-22(2)20-23(3)28(30-21-24-14-8-5-9-15-24)27(25-16-10-6-11-17-25)31(4,29)26-18-12-7-13-19-26/h5-19,22-23,27H,20-21H2,1-4H3/t23-,27?,31+/m1/s1. The summed E-state index contributed by atoms with van der Waals surface area (Å²) >= 11 is 0. The van der Waals surface area contributed by atoms with Gasteiger partial charge in [0.2, 0.25) is 0 Å². The first kappa shape index (κ1) is 23.5. The van der Waals surface area contributed by atoms with E-state index in [1.54, 1.807) is 0 Å². The number of nitrogens with zero attached hydrogens (tertiary/aromatic N) is 1. The van der Waals surface area contributed by atoms with Gasteiger partial charge in [0.25, 0.3) is 0 Å². The van der Waals surface area contributed by atoms with Crippen molar-refractivity contribution < 1.29 is 9.40 Å². The van der Waals surface area contributed by atoms with Crippen LogP contribution >= 0.6 is 7.14 Å². The van der Waals surface area contributed by atoms with Gasteiger partial charge in [-0.3, -0.25) is 4.84 Å². The van der Waals surface area contributed by atoms with Crippen molar-refractivity contribution in [3.05, 3.63) is 102 Å². The van der Waals surface area contributed by atoms with Crippen molar-refractivity contribution in [2.24, 2.45) is 5.92 Å². The monoisotopic (exact) mass is 435 g/mol. The first-order valence-corrected chi connectivity index (χ1v) is 13.2. The minimum Gasteiger partial charge on any atom is -0.317 e. The van der Waals surface area contributed by atoms with E-state index >= 15 is 0 Å². The Morgan fingerprint density at radius 1 is 0.806 bits per heavy atom. The van der Waals surface area contributed by atoms with E-state index in [0.29, 0.717) is 12.5 Å². The zero-order valence-electron chi connectivity index (χ0n) is 19.0. The van der Waals surface area contributed by atoms with Gasteiger partial charge < -0.3 is 4.57 Å². The molecule has 0 saturated heterocycles. The number of hydroxylamine groups is 2. The summed E-state index contributed by atoms with van der Waals surface area (Å²) in [5.41, 5.74) is 2.11. The van der Waals surface area contributed by atoms with Crippen LogP contribution in [0.1, 0.15) is 44.1 Å². The second kappa shape index (κ2) is 10.9. The molecule has 0 radical (unpaired) electrons. The average Bonchev–Trinajstić information content (AvgIpc) is 2.77. The van der Waals surface area contributed by atoms with E-state index in [0.717, 1.165) is 22.9 Å². The van der Waals surface area contributed by atoms with Gasteiger partial charge in [-0.2, -0.15) is 5.06 Å². The van der Waals surface area contributed by atoms with Gasteiger partial charge >= 0.3 is 0 Å². The third-order valence-corrected chi connectivity index (χ3v) is 8.33. The van der Waals surface area contributed by atoms with Gasteiger partial charge in [0, 0.05) is 11.3 Å². The van der Waals surface area contributed by atoms with Crippen molar-refractivity contribution in [2.45, 2.75) is 45.6 Å². The van der Waals surface area contributed by atoms with Gasteiger partial charge in [-0.05, 0) is 37.1 Å². The fourth-order valence-electron chi connectivity index (χ4n) is 4.09. The molecule has 0 spiro atoms. The van der Waals surface area contributed by atoms with Crippen molar-refractivity contribution in [1.82, 2.24) is 5.06 Å². The molecule has 1 unspecified atom stereocenters. The summed E-state index contributed by atoms with van der Waals surface area (Å²) in [6.45, 7) is 8.94. The van der Waals surface area contributed by atoms with Crippen LogP contribution in [0.15, 0.2) is 91.0 Å². The molecule has 3 atom stereocenters. The van der Waals surface area contributed by atoms with Gasteiger partial charge in [-0.1, -0.05) is 105 Å². The Morgan fingerprint density at radius 3 is 1.87 bits per heavy atom. The summed E-state index contributed by atoms with van der Waals surface area (Å²) < 4.78 is 14.4. The minimum atomic E-state index is -2.85. The molecule has 0 heterocycles. The first-order chi connectivity index (χ1) is 14.9. The molecule has 0 aliphatic heterocycles. The van der Waals surface area contributed by atoms with Crippen LogP contribution in [0.5, 0.6) is 0 Å². The maximum Gasteiger partial charge on any atom is 0.135 e. The van der Waals surface area contributed by atoms with Crippen molar-refractivity contribution in [1.29, 1.82) is 0 Å². The molecule has 0 bridgehead atoms. The fourth-order valence-corrected chi connectivity index (χ4v) is 6.60. The molecular weight excluding hydrogens is 401 g/mol. The molecular formula is C27H34NO2P. The van der Waals surface area contributed by atoms with Gasteiger partial charge in [-0.25, -0.2) is 0 Å². The molecule has 3 aromatic carbocycles. The quantitative estimate of drug-likeness (QED) is 0.257. The molecule has 4 heteroatoms. The van der Waals surface area contributed by atoms with Crippen molar-refractivity contribution in [2.75, 3.05) is 6.66 Å². The first-order valence-electron chi connectivity index (χ1n) is 11.0. The van der Waals surface area contributed by atoms with E-state index < -0.39 is 7.14 Å². The van der Waals surface area contributed by atoms with Gasteiger partial charge in [0.05, 0.1) is 6.61 Å². The van der Waals surface area contributed by atoms with Crippen molar-refractivity contribution in [3.8, 4) is 0 Å². The molecule has 0 aromatic heterocycles. The molecule has 0 amide bonds. The number of rotatable bonds is 10. The van der Waals surface area contributed by atoms with Crippen LogP contribution in [0.4, 0.5) is 0 Å². The molecule has 3 rings (SSSR count). The van der Waals surface area contributed by atoms with E-state index in [9.17, 15) is 4.57 Å². The Balaban J connectivity index is 2.04. The predicted octanol–water partition coefficient (Wildman–Crippen LogP) is 6.87. The average molecular weight is 436 g/mol. The highest BCUT2D eigenvalue weighted by molar-refractivity contribution is 7.71. The van der Waals surface area contributed by atoms with E-state index in [1.165, 1.54) is 0 Å². The number of hydrogen-bond acceptors (Lipinski definition) is 3. The minimum absolute atomic E-state index is 0.103. The smallest absolute Gasteiger partial charge is 0.135 e. The Labute approximate surface area is 187 Å². The maximum atomic E-state index is 14.4. The van der Waals surface area contributed by atoms with E-state index in [4.69, 9.17) is 4.84 Å². The highest BCUT2D eigenvalue weighted by Crippen LogP contribution is 2.57. The Bertz CT molecular complexity index is 960. The van der Waals surface area contributed by atoms with Crippen LogP contribution in [-0.4, -0.2) is 17.8 Å². The van der Waals surface area contributed by atoms with E-state index in [-0.39, 0.29) is 11.8 Å². The molecule has 3 nitrogen and oxygen atoms in total. The molecule has 0 saturated carbocycles. The zero-order valence-corrected chi connectivity index (χ0v) is 19.9. The summed E-state index contributed by atoms with van der Waals surface area (Å²) in [5.74, 6) is 0.135. The lowest BCUT2D eigenvalue weighted by atomic mass is 10.0. The second-order valence-electron chi connectivity index (χ2n) is 8.71. The lowest BCUT2D eigenvalue weighted by Gasteiger charge is -2.39. The third kappa shape index (κ3) is 6.17. The number of benzene rings is 3. The third-order valence-electron chi connectivity index (χ3n) is 5.54. The van der Waals surface area contributed by atoms with Gasteiger partial charge in [0.1, 0.15) is 12.9 Å². The van der Waals surface area contributed by atoms with Crippen LogP contribution in [0, 0.1) is 5.92 Å². The summed E-state index contributed by atoms with van der Waals surface area (Å²) in [6.07, 6.45) is 0.951. The van der Waals surface area contributed by atoms with Gasteiger partial charge in [-0.15, -0.1) is 0 Å². The number of hydrogen-bond donors (Lipinski definition) is 0. The molecule has 31 heavy (non-hydrogen) atoms. The highest BCUT2D eigenvalue weighted by Gasteiger charge is 2.39. The molecule has 164 valence electrons. The van der Waals surface area contributed by atoms with Gasteiger partial charge in [0.15, 0.2) is 0 Å². The summed E-state index contributed by atoms with van der Waals surface area (Å²) in [6, 6.07) is 30.2. The maximum absolute atomic E-state index is 14.4. The Hall–Kier alpha value is -2.19. The highest BCUT2D eigenvalue weighted by atomic mass is 31.2. The lowest BCUT2D eigenvalue weighted by Crippen LogP contribution is -2.38. The largest absolute Gasteiger partial charge is 0.317 e. The van der Waals surface area contributed by atoms with Crippen LogP contribution in [0.3, 0.4) is 0 Å². The van der Waals surface area contributed by atoms with E-state index in [1.807, 2.05) is 78.5 Å². The second-order valence-corrected chi connectivity index (χ2v) is 11.7. The topological polar surface area (TPSA) is 29.5 Å². The molecule has 0 aliphatic rings. The molecule has 0 aliphatic carbocycles. The van der Waals surface area contributed by atoms with Crippen molar-refractivity contribution in [3.63, 3.8) is 0 Å². The molecule has 0 N–H and O–H groups in total. The Morgan fingerprint density at radius 2 is 1.32 bits per heavy atom.